The Bertz CT molecular complexity index is 1040. The first-order valence-corrected chi connectivity index (χ1v) is 24.2. The van der Waals surface area contributed by atoms with Gasteiger partial charge in [0, 0.05) is 13.0 Å². The summed E-state index contributed by atoms with van der Waals surface area (Å²) in [4.78, 5) is 12.8. The van der Waals surface area contributed by atoms with Crippen LogP contribution in [0.25, 0.3) is 0 Å². The second-order valence-electron chi connectivity index (χ2n) is 16.5. The third-order valence-electron chi connectivity index (χ3n) is 11.0. The smallest absolute Gasteiger partial charge is 0.306 e. The van der Waals surface area contributed by atoms with Gasteiger partial charge in [-0.25, -0.2) is 0 Å². The average molecular weight is 835 g/mol. The number of esters is 1. The Balaban J connectivity index is 2.20. The molecule has 6 atom stereocenters. The molecular weight excluding hydrogens is 745 g/mol. The van der Waals surface area contributed by atoms with Gasteiger partial charge in [-0.15, -0.1) is 0 Å². The average Bonchev–Trinajstić information content (AvgIpc) is 3.24. The first-order valence-electron chi connectivity index (χ1n) is 24.2. The van der Waals surface area contributed by atoms with Gasteiger partial charge in [0.05, 0.1) is 19.8 Å². The molecule has 0 aromatic rings. The molecule has 0 saturated carbocycles. The number of ether oxygens (including phenoxy) is 4. The molecule has 0 bridgehead atoms. The summed E-state index contributed by atoms with van der Waals surface area (Å²) in [5.41, 5.74) is 0. The van der Waals surface area contributed by atoms with Crippen LogP contribution >= 0.6 is 0 Å². The largest absolute Gasteiger partial charge is 0.457 e. The van der Waals surface area contributed by atoms with E-state index in [4.69, 9.17) is 18.9 Å². The predicted octanol–water partition coefficient (Wildman–Crippen LogP) is 11.3. The minimum Gasteiger partial charge on any atom is -0.457 e. The summed E-state index contributed by atoms with van der Waals surface area (Å²) in [6, 6.07) is 0. The lowest BCUT2D eigenvalue weighted by molar-refractivity contribution is -0.305. The predicted molar refractivity (Wildman–Crippen MR) is 242 cm³/mol. The van der Waals surface area contributed by atoms with Crippen molar-refractivity contribution in [1.29, 1.82) is 0 Å². The normalized spacial score (nSPS) is 20.5. The summed E-state index contributed by atoms with van der Waals surface area (Å²) >= 11 is 0. The molecule has 0 radical (unpaired) electrons. The fraction of sp³-hybridized carbons (Fsp3) is 0.820. The van der Waals surface area contributed by atoms with Gasteiger partial charge in [-0.2, -0.15) is 0 Å². The molecule has 0 aliphatic carbocycles. The molecule has 0 spiro atoms. The van der Waals surface area contributed by atoms with Crippen LogP contribution in [0.1, 0.15) is 200 Å². The lowest BCUT2D eigenvalue weighted by Crippen LogP contribution is -2.59. The van der Waals surface area contributed by atoms with E-state index >= 15 is 0 Å². The van der Waals surface area contributed by atoms with Crippen molar-refractivity contribution in [3.63, 3.8) is 0 Å². The highest BCUT2D eigenvalue weighted by atomic mass is 16.7. The summed E-state index contributed by atoms with van der Waals surface area (Å²) in [5.74, 6) is -0.317. The quantitative estimate of drug-likeness (QED) is 0.0270. The molecule has 1 rings (SSSR count). The Labute approximate surface area is 361 Å². The lowest BCUT2D eigenvalue weighted by atomic mass is 9.99. The summed E-state index contributed by atoms with van der Waals surface area (Å²) in [5, 5.41) is 40.2. The summed E-state index contributed by atoms with van der Waals surface area (Å²) in [7, 11) is 0. The van der Waals surface area contributed by atoms with Crippen LogP contribution in [0.5, 0.6) is 0 Å². The van der Waals surface area contributed by atoms with Gasteiger partial charge in [0.15, 0.2) is 6.29 Å². The second kappa shape index (κ2) is 41.5. The highest BCUT2D eigenvalue weighted by Gasteiger charge is 2.44. The Morgan fingerprint density at radius 3 is 1.56 bits per heavy atom. The number of aliphatic hydroxyl groups is 4. The number of aliphatic hydroxyl groups excluding tert-OH is 4. The van der Waals surface area contributed by atoms with Crippen molar-refractivity contribution in [3.05, 3.63) is 48.6 Å². The monoisotopic (exact) mass is 835 g/mol. The topological polar surface area (TPSA) is 135 Å². The van der Waals surface area contributed by atoms with Gasteiger partial charge in [-0.3, -0.25) is 4.79 Å². The number of hydrogen-bond acceptors (Lipinski definition) is 9. The number of allylic oxidation sites excluding steroid dienone is 8. The van der Waals surface area contributed by atoms with Crippen LogP contribution in [0.2, 0.25) is 0 Å². The molecule has 0 aromatic heterocycles. The van der Waals surface area contributed by atoms with Crippen molar-refractivity contribution >= 4 is 5.97 Å². The fourth-order valence-electron chi connectivity index (χ4n) is 7.25. The van der Waals surface area contributed by atoms with E-state index in [1.165, 1.54) is 122 Å². The molecule has 0 aromatic carbocycles. The molecule has 59 heavy (non-hydrogen) atoms. The van der Waals surface area contributed by atoms with Gasteiger partial charge < -0.3 is 39.4 Å². The molecule has 344 valence electrons. The van der Waals surface area contributed by atoms with Crippen LogP contribution in [0.15, 0.2) is 48.6 Å². The molecule has 4 N–H and O–H groups in total. The molecule has 1 aliphatic rings. The van der Waals surface area contributed by atoms with Crippen molar-refractivity contribution in [2.45, 2.75) is 237 Å². The Hall–Kier alpha value is -1.85. The van der Waals surface area contributed by atoms with E-state index in [9.17, 15) is 25.2 Å². The maximum atomic E-state index is 12.8. The lowest BCUT2D eigenvalue weighted by Gasteiger charge is -2.39. The highest BCUT2D eigenvalue weighted by molar-refractivity contribution is 5.69. The standard InChI is InChI=1S/C50H90O9/c1-3-5-7-9-11-13-15-17-18-19-20-21-22-23-24-25-26-27-29-31-33-35-37-39-46(52)58-44(43-57-50-49(55)48(54)47(53)45(41-51)59-50)42-56-40-38-36-34-32-30-28-16-14-12-10-8-6-4-2/h5,7,11,13,17-18,20-21,44-45,47-51,53-55H,3-4,6,8-10,12,14-16,19,22-43H2,1-2H3/b7-5-,13-11-,18-17-,21-20-. The van der Waals surface area contributed by atoms with Gasteiger partial charge in [-0.1, -0.05) is 191 Å². The molecule has 6 unspecified atom stereocenters. The summed E-state index contributed by atoms with van der Waals surface area (Å²) < 4.78 is 22.8. The van der Waals surface area contributed by atoms with E-state index in [2.05, 4.69) is 62.5 Å². The maximum Gasteiger partial charge on any atom is 0.306 e. The van der Waals surface area contributed by atoms with Crippen molar-refractivity contribution < 1.29 is 44.2 Å². The third-order valence-corrected chi connectivity index (χ3v) is 11.0. The van der Waals surface area contributed by atoms with Gasteiger partial charge in [0.25, 0.3) is 0 Å². The number of carbonyl (C=O) groups excluding carboxylic acids is 1. The first kappa shape index (κ1) is 55.2. The van der Waals surface area contributed by atoms with E-state index in [0.717, 1.165) is 57.8 Å². The SMILES string of the molecule is CC/C=C\C/C=C\C/C=C\C/C=C\CCCCCCCCCCCCC(=O)OC(COCCCCCCCCCCCCCCC)COC1OC(CO)C(O)C(O)C1O. The van der Waals surface area contributed by atoms with E-state index < -0.39 is 43.4 Å². The van der Waals surface area contributed by atoms with E-state index in [1.807, 2.05) is 0 Å². The summed E-state index contributed by atoms with van der Waals surface area (Å²) in [6.45, 7) is 4.46. The zero-order valence-corrected chi connectivity index (χ0v) is 37.7. The molecule has 9 heteroatoms. The molecule has 1 fully saturated rings. The van der Waals surface area contributed by atoms with Gasteiger partial charge in [0.2, 0.25) is 0 Å². The molecule has 1 aliphatic heterocycles. The van der Waals surface area contributed by atoms with Crippen molar-refractivity contribution in [2.75, 3.05) is 26.4 Å². The van der Waals surface area contributed by atoms with Gasteiger partial charge in [0.1, 0.15) is 30.5 Å². The van der Waals surface area contributed by atoms with E-state index in [-0.39, 0.29) is 19.2 Å². The molecule has 1 saturated heterocycles. The van der Waals surface area contributed by atoms with Gasteiger partial charge >= 0.3 is 5.97 Å². The van der Waals surface area contributed by atoms with Crippen LogP contribution < -0.4 is 0 Å². The van der Waals surface area contributed by atoms with Crippen LogP contribution in [0.4, 0.5) is 0 Å². The van der Waals surface area contributed by atoms with Crippen molar-refractivity contribution in [1.82, 2.24) is 0 Å². The molecular formula is C50H90O9. The molecule has 9 nitrogen and oxygen atoms in total. The Morgan fingerprint density at radius 2 is 1.03 bits per heavy atom. The van der Waals surface area contributed by atoms with Crippen molar-refractivity contribution in [2.24, 2.45) is 0 Å². The number of hydrogen-bond donors (Lipinski definition) is 4. The zero-order chi connectivity index (χ0) is 42.9. The van der Waals surface area contributed by atoms with Crippen molar-refractivity contribution in [3.8, 4) is 0 Å². The maximum absolute atomic E-state index is 12.8. The fourth-order valence-corrected chi connectivity index (χ4v) is 7.25. The second-order valence-corrected chi connectivity index (χ2v) is 16.5. The number of rotatable bonds is 41. The Kier molecular flexibility index (Phi) is 38.8. The zero-order valence-electron chi connectivity index (χ0n) is 37.7. The van der Waals surface area contributed by atoms with Crippen LogP contribution in [0.3, 0.4) is 0 Å². The van der Waals surface area contributed by atoms with Crippen LogP contribution in [-0.4, -0.2) is 89.6 Å². The van der Waals surface area contributed by atoms with Crippen LogP contribution in [-0.2, 0) is 23.7 Å². The third kappa shape index (κ3) is 32.5. The minimum atomic E-state index is -1.54. The summed E-state index contributed by atoms with van der Waals surface area (Å²) in [6.07, 6.45) is 44.2. The first-order chi connectivity index (χ1) is 28.9. The highest BCUT2D eigenvalue weighted by Crippen LogP contribution is 2.23. The van der Waals surface area contributed by atoms with Crippen LogP contribution in [0, 0.1) is 0 Å². The number of carbonyl (C=O) groups is 1. The molecule has 1 heterocycles. The van der Waals surface area contributed by atoms with E-state index in [1.54, 1.807) is 0 Å². The number of unbranched alkanes of at least 4 members (excludes halogenated alkanes) is 22. The molecule has 0 amide bonds. The minimum absolute atomic E-state index is 0.114. The Morgan fingerprint density at radius 1 is 0.559 bits per heavy atom. The van der Waals surface area contributed by atoms with Gasteiger partial charge in [-0.05, 0) is 51.4 Å². The van der Waals surface area contributed by atoms with E-state index in [0.29, 0.717) is 13.0 Å².